The van der Waals surface area contributed by atoms with Crippen LogP contribution in [0, 0.1) is 5.41 Å². The maximum absolute atomic E-state index is 12.6. The number of rotatable bonds is 6. The second-order valence-electron chi connectivity index (χ2n) is 7.81. The number of thiophene rings is 1. The number of methoxy groups -OCH3 is 1. The van der Waals surface area contributed by atoms with E-state index >= 15 is 0 Å². The number of halogens is 1. The minimum absolute atomic E-state index is 0.223. The molecule has 29 heavy (non-hydrogen) atoms. The molecule has 1 aliphatic heterocycles. The summed E-state index contributed by atoms with van der Waals surface area (Å²) in [7, 11) is 1.39. The molecule has 1 aromatic carbocycles. The molecule has 1 aliphatic rings. The van der Waals surface area contributed by atoms with Crippen LogP contribution in [0.2, 0.25) is 5.02 Å². The van der Waals surface area contributed by atoms with Crippen molar-refractivity contribution in [1.82, 2.24) is 4.90 Å². The molecule has 0 amide bonds. The number of hydrogen-bond donors (Lipinski definition) is 0. The topological polar surface area (TPSA) is 55.8 Å². The van der Waals surface area contributed by atoms with Gasteiger partial charge in [-0.15, -0.1) is 11.3 Å². The molecule has 0 aliphatic carbocycles. The third-order valence-electron chi connectivity index (χ3n) is 5.49. The quantitative estimate of drug-likeness (QED) is 0.596. The maximum atomic E-state index is 12.6. The molecule has 0 unspecified atom stereocenters. The normalized spacial score (nSPS) is 15.5. The third-order valence-corrected chi connectivity index (χ3v) is 6.95. The fourth-order valence-electron chi connectivity index (χ4n) is 3.25. The molecule has 0 fully saturated rings. The Balaban J connectivity index is 1.82. The summed E-state index contributed by atoms with van der Waals surface area (Å²) in [5.74, 6) is -0.563. The van der Waals surface area contributed by atoms with E-state index in [9.17, 15) is 9.59 Å². The highest BCUT2D eigenvalue weighted by Crippen LogP contribution is 2.38. The van der Waals surface area contributed by atoms with Gasteiger partial charge in [-0.3, -0.25) is 9.69 Å². The average Bonchev–Trinajstić information content (AvgIpc) is 3.10. The van der Waals surface area contributed by atoms with Crippen LogP contribution in [0.15, 0.2) is 30.3 Å². The number of esters is 2. The molecule has 156 valence electrons. The Bertz CT molecular complexity index is 908. The summed E-state index contributed by atoms with van der Waals surface area (Å²) in [5.41, 5.74) is 1.28. The highest BCUT2D eigenvalue weighted by Gasteiger charge is 2.34. The fourth-order valence-corrected chi connectivity index (χ4v) is 4.50. The fraction of sp³-hybridized carbons (Fsp3) is 0.455. The first kappa shape index (κ1) is 21.8. The number of carbonyl (C=O) groups excluding carboxylic acids is 2. The molecule has 0 bridgehead atoms. The van der Waals surface area contributed by atoms with E-state index in [-0.39, 0.29) is 11.9 Å². The van der Waals surface area contributed by atoms with E-state index < -0.39 is 11.5 Å². The zero-order chi connectivity index (χ0) is 21.2. The molecular formula is C22H26ClNO4S. The van der Waals surface area contributed by atoms with Crippen LogP contribution in [0.1, 0.15) is 49.2 Å². The number of ether oxygens (including phenoxy) is 2. The van der Waals surface area contributed by atoms with Crippen LogP contribution >= 0.6 is 22.9 Å². The summed E-state index contributed by atoms with van der Waals surface area (Å²) < 4.78 is 10.7. The number of hydrogen-bond acceptors (Lipinski definition) is 6. The number of fused-ring (bicyclic) bond motifs is 1. The van der Waals surface area contributed by atoms with Crippen LogP contribution in [0.5, 0.6) is 5.06 Å². The molecule has 2 aromatic rings. The van der Waals surface area contributed by atoms with Gasteiger partial charge < -0.3 is 9.47 Å². The van der Waals surface area contributed by atoms with Gasteiger partial charge in [-0.1, -0.05) is 36.7 Å². The van der Waals surface area contributed by atoms with Gasteiger partial charge in [0.05, 0.1) is 12.5 Å². The van der Waals surface area contributed by atoms with E-state index in [1.807, 2.05) is 45.0 Å². The van der Waals surface area contributed by atoms with E-state index in [2.05, 4.69) is 4.90 Å². The van der Waals surface area contributed by atoms with E-state index in [0.717, 1.165) is 17.5 Å². The summed E-state index contributed by atoms with van der Waals surface area (Å²) in [6.07, 6.45) is 1.48. The van der Waals surface area contributed by atoms with Crippen LogP contribution in [-0.2, 0) is 27.3 Å². The SMILES string of the molecule is CCC(C)(C)C(=O)Oc1cc2c(s1)CCN([C@H](C(=O)OC)c1ccccc1Cl)C2. The third kappa shape index (κ3) is 4.65. The maximum Gasteiger partial charge on any atom is 0.327 e. The largest absolute Gasteiger partial charge is 0.468 e. The van der Waals surface area contributed by atoms with Crippen LogP contribution in [0.4, 0.5) is 0 Å². The first-order chi connectivity index (χ1) is 13.8. The molecule has 0 radical (unpaired) electrons. The standard InChI is InChI=1S/C22H26ClNO4S/c1-5-22(2,3)21(26)28-18-12-14-13-24(11-10-17(14)29-18)19(20(25)27-4)15-8-6-7-9-16(15)23/h6-9,12,19H,5,10-11,13H2,1-4H3/t19-/m0/s1. The number of benzene rings is 1. The van der Waals surface area contributed by atoms with E-state index in [1.165, 1.54) is 23.3 Å². The summed E-state index contributed by atoms with van der Waals surface area (Å²) in [6.45, 7) is 6.99. The highest BCUT2D eigenvalue weighted by atomic mass is 35.5. The molecule has 1 aromatic heterocycles. The zero-order valence-corrected chi connectivity index (χ0v) is 18.7. The summed E-state index contributed by atoms with van der Waals surface area (Å²) >= 11 is 7.87. The van der Waals surface area contributed by atoms with Gasteiger partial charge in [0, 0.05) is 23.0 Å². The molecular weight excluding hydrogens is 410 g/mol. The zero-order valence-electron chi connectivity index (χ0n) is 17.2. The lowest BCUT2D eigenvalue weighted by atomic mass is 9.91. The van der Waals surface area contributed by atoms with Gasteiger partial charge in [0.25, 0.3) is 0 Å². The van der Waals surface area contributed by atoms with Crippen molar-refractivity contribution in [2.75, 3.05) is 13.7 Å². The number of carbonyl (C=O) groups is 2. The van der Waals surface area contributed by atoms with Crippen molar-refractivity contribution in [1.29, 1.82) is 0 Å². The molecule has 5 nitrogen and oxygen atoms in total. The summed E-state index contributed by atoms with van der Waals surface area (Å²) in [6, 6.07) is 8.67. The monoisotopic (exact) mass is 435 g/mol. The summed E-state index contributed by atoms with van der Waals surface area (Å²) in [5, 5.41) is 1.14. The molecule has 1 atom stereocenters. The van der Waals surface area contributed by atoms with E-state index in [0.29, 0.717) is 29.6 Å². The Morgan fingerprint density at radius 2 is 2.03 bits per heavy atom. The van der Waals surface area contributed by atoms with Gasteiger partial charge >= 0.3 is 11.9 Å². The second kappa shape index (κ2) is 8.86. The lowest BCUT2D eigenvalue weighted by Crippen LogP contribution is -2.38. The van der Waals surface area contributed by atoms with Crippen molar-refractivity contribution in [3.63, 3.8) is 0 Å². The summed E-state index contributed by atoms with van der Waals surface area (Å²) in [4.78, 5) is 28.2. The second-order valence-corrected chi connectivity index (χ2v) is 9.31. The predicted molar refractivity (Wildman–Crippen MR) is 114 cm³/mol. The van der Waals surface area contributed by atoms with Crippen molar-refractivity contribution in [2.45, 2.75) is 46.2 Å². The van der Waals surface area contributed by atoms with Crippen LogP contribution in [-0.4, -0.2) is 30.5 Å². The first-order valence-corrected chi connectivity index (χ1v) is 10.9. The van der Waals surface area contributed by atoms with Gasteiger partial charge in [-0.05, 0) is 49.9 Å². The molecule has 7 heteroatoms. The Labute approximate surface area is 180 Å². The van der Waals surface area contributed by atoms with Gasteiger partial charge in [0.2, 0.25) is 0 Å². The Kier molecular flexibility index (Phi) is 6.66. The Morgan fingerprint density at radius 1 is 1.31 bits per heavy atom. The van der Waals surface area contributed by atoms with Gasteiger partial charge in [-0.25, -0.2) is 4.79 Å². The molecule has 0 saturated heterocycles. The van der Waals surface area contributed by atoms with Crippen LogP contribution in [0.3, 0.4) is 0 Å². The molecule has 0 N–H and O–H groups in total. The molecule has 2 heterocycles. The minimum atomic E-state index is -0.577. The average molecular weight is 436 g/mol. The molecule has 3 rings (SSSR count). The lowest BCUT2D eigenvalue weighted by Gasteiger charge is -2.33. The van der Waals surface area contributed by atoms with Crippen LogP contribution in [0.25, 0.3) is 0 Å². The van der Waals surface area contributed by atoms with Gasteiger partial charge in [0.1, 0.15) is 6.04 Å². The lowest BCUT2D eigenvalue weighted by molar-refractivity contribution is -0.147. The van der Waals surface area contributed by atoms with Crippen molar-refractivity contribution in [2.24, 2.45) is 5.41 Å². The van der Waals surface area contributed by atoms with E-state index in [4.69, 9.17) is 21.1 Å². The van der Waals surface area contributed by atoms with Crippen molar-refractivity contribution in [3.8, 4) is 5.06 Å². The smallest absolute Gasteiger partial charge is 0.327 e. The van der Waals surface area contributed by atoms with Crippen molar-refractivity contribution < 1.29 is 19.1 Å². The first-order valence-electron chi connectivity index (χ1n) is 9.67. The Morgan fingerprint density at radius 3 is 2.69 bits per heavy atom. The molecule has 0 spiro atoms. The predicted octanol–water partition coefficient (Wildman–Crippen LogP) is 5.02. The Hall–Kier alpha value is -1.89. The minimum Gasteiger partial charge on any atom is -0.468 e. The van der Waals surface area contributed by atoms with Gasteiger partial charge in [-0.2, -0.15) is 0 Å². The van der Waals surface area contributed by atoms with Gasteiger partial charge in [0.15, 0.2) is 5.06 Å². The van der Waals surface area contributed by atoms with Crippen molar-refractivity contribution in [3.05, 3.63) is 51.4 Å². The van der Waals surface area contributed by atoms with E-state index in [1.54, 1.807) is 6.07 Å². The molecule has 0 saturated carbocycles. The van der Waals surface area contributed by atoms with Crippen molar-refractivity contribution >= 4 is 34.9 Å². The van der Waals surface area contributed by atoms with Crippen LogP contribution < -0.4 is 4.74 Å². The highest BCUT2D eigenvalue weighted by molar-refractivity contribution is 7.14. The number of nitrogens with zero attached hydrogens (tertiary/aromatic N) is 1.